The highest BCUT2D eigenvalue weighted by atomic mass is 35.5. The summed E-state index contributed by atoms with van der Waals surface area (Å²) >= 11 is 10.5. The van der Waals surface area contributed by atoms with Crippen LogP contribution in [0, 0.1) is 0 Å². The van der Waals surface area contributed by atoms with Crippen LogP contribution in [0.1, 0.15) is 0 Å². The van der Waals surface area contributed by atoms with Gasteiger partial charge in [0.25, 0.3) is 0 Å². The fraction of sp³-hybridized carbons (Fsp3) is 0.714. The molecule has 0 saturated carbocycles. The van der Waals surface area contributed by atoms with Gasteiger partial charge in [-0.25, -0.2) is 0 Å². The zero-order chi connectivity index (χ0) is 10.3. The van der Waals surface area contributed by atoms with Crippen LogP contribution in [0.5, 0.6) is 0 Å². The predicted octanol–water partition coefficient (Wildman–Crippen LogP) is 2.84. The molecular weight excluding hydrogens is 226 g/mol. The van der Waals surface area contributed by atoms with E-state index in [4.69, 9.17) is 23.2 Å². The zero-order valence-corrected chi connectivity index (χ0v) is 8.33. The Labute approximate surface area is 85.1 Å². The summed E-state index contributed by atoms with van der Waals surface area (Å²) in [5, 5.41) is 0. The van der Waals surface area contributed by atoms with E-state index < -0.39 is 12.7 Å². The van der Waals surface area contributed by atoms with Crippen molar-refractivity contribution in [3.63, 3.8) is 0 Å². The molecule has 0 radical (unpaired) electrons. The molecule has 0 aliphatic heterocycles. The molecule has 0 amide bonds. The normalized spacial score (nSPS) is 13.1. The lowest BCUT2D eigenvalue weighted by atomic mass is 10.4. The van der Waals surface area contributed by atoms with Gasteiger partial charge in [-0.15, -0.1) is 11.6 Å². The van der Waals surface area contributed by atoms with Crippen molar-refractivity contribution < 1.29 is 13.2 Å². The van der Waals surface area contributed by atoms with Crippen molar-refractivity contribution in [2.75, 3.05) is 25.5 Å². The highest BCUT2D eigenvalue weighted by molar-refractivity contribution is 6.25. The first-order valence-corrected chi connectivity index (χ1v) is 4.57. The van der Waals surface area contributed by atoms with Gasteiger partial charge in [0.2, 0.25) is 0 Å². The summed E-state index contributed by atoms with van der Waals surface area (Å²) in [6, 6.07) is 0. The maximum atomic E-state index is 11.9. The molecule has 0 N–H and O–H groups in total. The van der Waals surface area contributed by atoms with Crippen LogP contribution in [-0.2, 0) is 0 Å². The fourth-order valence-electron chi connectivity index (χ4n) is 0.797. The molecule has 0 rings (SSSR count). The molecule has 1 nitrogen and oxygen atoms in total. The Morgan fingerprint density at radius 3 is 2.31 bits per heavy atom. The number of hydrogen-bond acceptors (Lipinski definition) is 1. The number of halogens is 5. The van der Waals surface area contributed by atoms with Crippen LogP contribution in [0.25, 0.3) is 0 Å². The van der Waals surface area contributed by atoms with Crippen molar-refractivity contribution >= 4 is 23.2 Å². The van der Waals surface area contributed by atoms with Gasteiger partial charge in [0.1, 0.15) is 0 Å². The maximum Gasteiger partial charge on any atom is 0.401 e. The van der Waals surface area contributed by atoms with Crippen LogP contribution in [0.2, 0.25) is 0 Å². The summed E-state index contributed by atoms with van der Waals surface area (Å²) in [5.74, 6) is 0.173. The SMILES string of the molecule is FC(F)(F)CN(C/C=C/Cl)CCCl. The lowest BCUT2D eigenvalue weighted by Gasteiger charge is -2.20. The molecule has 0 unspecified atom stereocenters. The second-order valence-corrected chi connectivity index (χ2v) is 3.03. The van der Waals surface area contributed by atoms with Gasteiger partial charge >= 0.3 is 6.18 Å². The lowest BCUT2D eigenvalue weighted by molar-refractivity contribution is -0.144. The van der Waals surface area contributed by atoms with E-state index in [2.05, 4.69) is 0 Å². The fourth-order valence-corrected chi connectivity index (χ4v) is 1.12. The van der Waals surface area contributed by atoms with Crippen molar-refractivity contribution in [3.05, 3.63) is 11.6 Å². The van der Waals surface area contributed by atoms with Crippen LogP contribution in [-0.4, -0.2) is 36.6 Å². The highest BCUT2D eigenvalue weighted by Crippen LogP contribution is 2.16. The molecule has 0 fully saturated rings. The molecule has 0 heterocycles. The van der Waals surface area contributed by atoms with Crippen molar-refractivity contribution in [2.45, 2.75) is 6.18 Å². The van der Waals surface area contributed by atoms with Crippen LogP contribution in [0.4, 0.5) is 13.2 Å². The predicted molar refractivity (Wildman–Crippen MR) is 48.2 cm³/mol. The summed E-state index contributed by atoms with van der Waals surface area (Å²) in [6.45, 7) is -0.598. The molecule has 0 bridgehead atoms. The Morgan fingerprint density at radius 1 is 1.31 bits per heavy atom. The maximum absolute atomic E-state index is 11.9. The van der Waals surface area contributed by atoms with Gasteiger partial charge in [0, 0.05) is 24.5 Å². The van der Waals surface area contributed by atoms with E-state index >= 15 is 0 Å². The van der Waals surface area contributed by atoms with E-state index in [1.165, 1.54) is 16.5 Å². The number of nitrogens with zero attached hydrogens (tertiary/aromatic N) is 1. The first kappa shape index (κ1) is 13.1. The third-order valence-electron chi connectivity index (χ3n) is 1.26. The standard InChI is InChI=1S/C7H10Cl2F3N/c8-2-1-4-13(5-3-9)6-7(10,11)12/h1-2H,3-6H2/b2-1+. The van der Waals surface area contributed by atoms with Gasteiger partial charge in [-0.1, -0.05) is 17.7 Å². The third-order valence-corrected chi connectivity index (χ3v) is 1.60. The van der Waals surface area contributed by atoms with Gasteiger partial charge in [-0.05, 0) is 0 Å². The molecule has 0 aromatic carbocycles. The second kappa shape index (κ2) is 6.51. The minimum Gasteiger partial charge on any atom is -0.290 e. The van der Waals surface area contributed by atoms with Gasteiger partial charge in [-0.2, -0.15) is 13.2 Å². The van der Waals surface area contributed by atoms with E-state index in [1.54, 1.807) is 0 Å². The highest BCUT2D eigenvalue weighted by Gasteiger charge is 2.29. The Balaban J connectivity index is 3.93. The molecule has 78 valence electrons. The Morgan fingerprint density at radius 2 is 1.92 bits per heavy atom. The van der Waals surface area contributed by atoms with E-state index in [0.29, 0.717) is 0 Å². The van der Waals surface area contributed by atoms with Gasteiger partial charge in [0.15, 0.2) is 0 Å². The van der Waals surface area contributed by atoms with Crippen LogP contribution in [0.3, 0.4) is 0 Å². The Bertz CT molecular complexity index is 158. The zero-order valence-electron chi connectivity index (χ0n) is 6.82. The molecule has 0 aromatic heterocycles. The number of hydrogen-bond donors (Lipinski definition) is 0. The van der Waals surface area contributed by atoms with Crippen LogP contribution >= 0.6 is 23.2 Å². The second-order valence-electron chi connectivity index (χ2n) is 2.40. The molecule has 0 spiro atoms. The minimum atomic E-state index is -4.19. The van der Waals surface area contributed by atoms with E-state index in [0.717, 1.165) is 0 Å². The lowest BCUT2D eigenvalue weighted by Crippen LogP contribution is -2.35. The largest absolute Gasteiger partial charge is 0.401 e. The molecule has 0 aliphatic rings. The van der Waals surface area contributed by atoms with Crippen molar-refractivity contribution in [2.24, 2.45) is 0 Å². The first-order chi connectivity index (χ1) is 5.99. The monoisotopic (exact) mass is 235 g/mol. The molecule has 0 atom stereocenters. The summed E-state index contributed by atoms with van der Waals surface area (Å²) < 4.78 is 35.7. The minimum absolute atomic E-state index is 0.162. The summed E-state index contributed by atoms with van der Waals surface area (Å²) in [4.78, 5) is 1.17. The molecule has 0 aromatic rings. The smallest absolute Gasteiger partial charge is 0.290 e. The molecular formula is C7H10Cl2F3N. The molecule has 0 aliphatic carbocycles. The topological polar surface area (TPSA) is 3.24 Å². The molecule has 0 saturated heterocycles. The third kappa shape index (κ3) is 8.40. The Kier molecular flexibility index (Phi) is 6.55. The average Bonchev–Trinajstić information content (AvgIpc) is 1.98. The van der Waals surface area contributed by atoms with Gasteiger partial charge in [-0.3, -0.25) is 4.90 Å². The Hall–Kier alpha value is 0.0700. The summed E-state index contributed by atoms with van der Waals surface area (Å²) in [6.07, 6.45) is -2.74. The average molecular weight is 236 g/mol. The van der Waals surface area contributed by atoms with E-state index in [1.807, 2.05) is 0 Å². The molecule has 13 heavy (non-hydrogen) atoms. The van der Waals surface area contributed by atoms with Crippen molar-refractivity contribution in [3.8, 4) is 0 Å². The van der Waals surface area contributed by atoms with Crippen LogP contribution < -0.4 is 0 Å². The quantitative estimate of drug-likeness (QED) is 0.663. The number of alkyl halides is 4. The first-order valence-electron chi connectivity index (χ1n) is 3.60. The van der Waals surface area contributed by atoms with Crippen LogP contribution in [0.15, 0.2) is 11.6 Å². The molecule has 6 heteroatoms. The van der Waals surface area contributed by atoms with E-state index in [-0.39, 0.29) is 19.0 Å². The van der Waals surface area contributed by atoms with Gasteiger partial charge in [0.05, 0.1) is 6.54 Å². The van der Waals surface area contributed by atoms with Gasteiger partial charge < -0.3 is 0 Å². The van der Waals surface area contributed by atoms with Crippen molar-refractivity contribution in [1.82, 2.24) is 4.90 Å². The number of rotatable bonds is 5. The van der Waals surface area contributed by atoms with E-state index in [9.17, 15) is 13.2 Å². The summed E-state index contributed by atoms with van der Waals surface area (Å²) in [7, 11) is 0. The summed E-state index contributed by atoms with van der Waals surface area (Å²) in [5.41, 5.74) is 1.19. The van der Waals surface area contributed by atoms with Crippen molar-refractivity contribution in [1.29, 1.82) is 0 Å².